The molecule has 1 rings (SSSR count). The van der Waals surface area contributed by atoms with Crippen molar-refractivity contribution in [2.24, 2.45) is 0 Å². The number of ether oxygens (including phenoxy) is 1. The summed E-state index contributed by atoms with van der Waals surface area (Å²) in [6.07, 6.45) is 13.5. The van der Waals surface area contributed by atoms with E-state index in [0.29, 0.717) is 6.04 Å². The number of unbranched alkanes of at least 4 members (excludes halogenated alkanes) is 4. The first kappa shape index (κ1) is 16.5. The van der Waals surface area contributed by atoms with Crippen molar-refractivity contribution in [3.05, 3.63) is 0 Å². The van der Waals surface area contributed by atoms with Gasteiger partial charge >= 0.3 is 5.97 Å². The Kier molecular flexibility index (Phi) is 8.89. The highest BCUT2D eigenvalue weighted by Crippen LogP contribution is 2.19. The van der Waals surface area contributed by atoms with Crippen molar-refractivity contribution >= 4 is 5.97 Å². The van der Waals surface area contributed by atoms with Crippen molar-refractivity contribution in [2.45, 2.75) is 89.6 Å². The predicted molar refractivity (Wildman–Crippen MR) is 79.2 cm³/mol. The lowest BCUT2D eigenvalue weighted by Crippen LogP contribution is -2.44. The number of hydrogen-bond acceptors (Lipinski definition) is 3. The normalized spacial score (nSPS) is 18.2. The van der Waals surface area contributed by atoms with E-state index < -0.39 is 0 Å². The minimum atomic E-state index is -0.0882. The van der Waals surface area contributed by atoms with Crippen molar-refractivity contribution in [2.75, 3.05) is 7.11 Å². The fraction of sp³-hybridized carbons (Fsp3) is 0.938. The molecule has 1 atom stereocenters. The number of carbonyl (C=O) groups is 1. The van der Waals surface area contributed by atoms with Crippen LogP contribution in [0.4, 0.5) is 0 Å². The summed E-state index contributed by atoms with van der Waals surface area (Å²) in [5.41, 5.74) is 0. The van der Waals surface area contributed by atoms with Crippen LogP contribution in [0, 0.1) is 0 Å². The third kappa shape index (κ3) is 6.95. The Morgan fingerprint density at radius 1 is 1.16 bits per heavy atom. The van der Waals surface area contributed by atoms with Gasteiger partial charge in [0.1, 0.15) is 6.04 Å². The Labute approximate surface area is 118 Å². The smallest absolute Gasteiger partial charge is 0.322 e. The topological polar surface area (TPSA) is 38.3 Å². The molecule has 1 unspecified atom stereocenters. The van der Waals surface area contributed by atoms with Crippen molar-refractivity contribution in [1.82, 2.24) is 5.32 Å². The molecule has 0 bridgehead atoms. The monoisotopic (exact) mass is 269 g/mol. The summed E-state index contributed by atoms with van der Waals surface area (Å²) >= 11 is 0. The molecule has 0 aromatic rings. The molecule has 0 aliphatic heterocycles. The number of methoxy groups -OCH3 is 1. The van der Waals surface area contributed by atoms with E-state index in [1.165, 1.54) is 64.9 Å². The quantitative estimate of drug-likeness (QED) is 0.511. The SMILES string of the molecule is CCCCCCCC(NC1CCCCC1)C(=O)OC. The van der Waals surface area contributed by atoms with Gasteiger partial charge in [-0.15, -0.1) is 0 Å². The summed E-state index contributed by atoms with van der Waals surface area (Å²) in [5.74, 6) is -0.0823. The zero-order chi connectivity index (χ0) is 13.9. The molecule has 19 heavy (non-hydrogen) atoms. The van der Waals surface area contributed by atoms with Crippen LogP contribution in [0.1, 0.15) is 77.6 Å². The molecule has 3 heteroatoms. The van der Waals surface area contributed by atoms with Crippen LogP contribution in [-0.2, 0) is 9.53 Å². The zero-order valence-electron chi connectivity index (χ0n) is 12.7. The number of esters is 1. The molecule has 1 aliphatic rings. The van der Waals surface area contributed by atoms with Crippen molar-refractivity contribution in [3.8, 4) is 0 Å². The van der Waals surface area contributed by atoms with Crippen LogP contribution in [0.25, 0.3) is 0 Å². The molecule has 1 saturated carbocycles. The predicted octanol–water partition coefficient (Wildman–Crippen LogP) is 3.81. The second kappa shape index (κ2) is 10.2. The first-order chi connectivity index (χ1) is 9.27. The maximum atomic E-state index is 11.8. The lowest BCUT2D eigenvalue weighted by molar-refractivity contribution is -0.143. The van der Waals surface area contributed by atoms with Gasteiger partial charge in [-0.3, -0.25) is 4.79 Å². The van der Waals surface area contributed by atoms with E-state index in [4.69, 9.17) is 4.74 Å². The highest BCUT2D eigenvalue weighted by Gasteiger charge is 2.23. The second-order valence-electron chi connectivity index (χ2n) is 5.78. The molecule has 1 N–H and O–H groups in total. The van der Waals surface area contributed by atoms with E-state index in [-0.39, 0.29) is 12.0 Å². The van der Waals surface area contributed by atoms with Crippen LogP contribution in [0.5, 0.6) is 0 Å². The first-order valence-electron chi connectivity index (χ1n) is 8.11. The molecule has 0 amide bonds. The molecule has 1 aliphatic carbocycles. The number of rotatable bonds is 9. The minimum Gasteiger partial charge on any atom is -0.468 e. The molecule has 0 heterocycles. The fourth-order valence-corrected chi connectivity index (χ4v) is 2.92. The van der Waals surface area contributed by atoms with E-state index >= 15 is 0 Å². The molecular formula is C16H31NO2. The van der Waals surface area contributed by atoms with Gasteiger partial charge in [0.25, 0.3) is 0 Å². The van der Waals surface area contributed by atoms with Gasteiger partial charge in [-0.25, -0.2) is 0 Å². The Bertz CT molecular complexity index is 237. The zero-order valence-corrected chi connectivity index (χ0v) is 12.7. The van der Waals surface area contributed by atoms with Gasteiger partial charge in [0, 0.05) is 6.04 Å². The summed E-state index contributed by atoms with van der Waals surface area (Å²) < 4.78 is 4.93. The van der Waals surface area contributed by atoms with Gasteiger partial charge in [-0.05, 0) is 19.3 Å². The number of nitrogens with one attached hydrogen (secondary N) is 1. The summed E-state index contributed by atoms with van der Waals surface area (Å²) in [5, 5.41) is 3.52. The Hall–Kier alpha value is -0.570. The van der Waals surface area contributed by atoms with Crippen LogP contribution < -0.4 is 5.32 Å². The molecule has 0 spiro atoms. The summed E-state index contributed by atoms with van der Waals surface area (Å²) in [4.78, 5) is 11.8. The van der Waals surface area contributed by atoms with E-state index in [2.05, 4.69) is 12.2 Å². The first-order valence-corrected chi connectivity index (χ1v) is 8.11. The molecule has 0 saturated heterocycles. The maximum absolute atomic E-state index is 11.8. The molecule has 1 fully saturated rings. The Morgan fingerprint density at radius 3 is 2.47 bits per heavy atom. The molecular weight excluding hydrogens is 238 g/mol. The summed E-state index contributed by atoms with van der Waals surface area (Å²) in [6.45, 7) is 2.22. The highest BCUT2D eigenvalue weighted by atomic mass is 16.5. The van der Waals surface area contributed by atoms with Gasteiger partial charge in [-0.1, -0.05) is 58.3 Å². The van der Waals surface area contributed by atoms with Gasteiger partial charge in [0.2, 0.25) is 0 Å². The fourth-order valence-electron chi connectivity index (χ4n) is 2.92. The van der Waals surface area contributed by atoms with Crippen LogP contribution in [0.2, 0.25) is 0 Å². The third-order valence-electron chi connectivity index (χ3n) is 4.12. The van der Waals surface area contributed by atoms with Crippen molar-refractivity contribution in [1.29, 1.82) is 0 Å². The van der Waals surface area contributed by atoms with Gasteiger partial charge in [0.15, 0.2) is 0 Å². The molecule has 3 nitrogen and oxygen atoms in total. The molecule has 0 radical (unpaired) electrons. The van der Waals surface area contributed by atoms with Gasteiger partial charge in [0.05, 0.1) is 7.11 Å². The lowest BCUT2D eigenvalue weighted by atomic mass is 9.94. The number of carbonyl (C=O) groups excluding carboxylic acids is 1. The van der Waals surface area contributed by atoms with Crippen LogP contribution in [0.3, 0.4) is 0 Å². The second-order valence-corrected chi connectivity index (χ2v) is 5.78. The van der Waals surface area contributed by atoms with Crippen LogP contribution >= 0.6 is 0 Å². The standard InChI is InChI=1S/C16H31NO2/c1-3-4-5-6-10-13-15(16(18)19-2)17-14-11-8-7-9-12-14/h14-15,17H,3-13H2,1-2H3. The highest BCUT2D eigenvalue weighted by molar-refractivity contribution is 5.75. The summed E-state index contributed by atoms with van der Waals surface area (Å²) in [7, 11) is 1.50. The van der Waals surface area contributed by atoms with E-state index in [1.807, 2.05) is 0 Å². The largest absolute Gasteiger partial charge is 0.468 e. The minimum absolute atomic E-state index is 0.0823. The molecule has 0 aromatic heterocycles. The maximum Gasteiger partial charge on any atom is 0.322 e. The van der Waals surface area contributed by atoms with E-state index in [9.17, 15) is 4.79 Å². The molecule has 0 aromatic carbocycles. The van der Waals surface area contributed by atoms with Crippen molar-refractivity contribution in [3.63, 3.8) is 0 Å². The average Bonchev–Trinajstić information content (AvgIpc) is 2.46. The van der Waals surface area contributed by atoms with E-state index in [1.54, 1.807) is 0 Å². The number of hydrogen-bond donors (Lipinski definition) is 1. The van der Waals surface area contributed by atoms with E-state index in [0.717, 1.165) is 12.8 Å². The van der Waals surface area contributed by atoms with Crippen LogP contribution in [-0.4, -0.2) is 25.2 Å². The average molecular weight is 269 g/mol. The van der Waals surface area contributed by atoms with Crippen LogP contribution in [0.15, 0.2) is 0 Å². The molecule has 112 valence electrons. The Morgan fingerprint density at radius 2 is 1.84 bits per heavy atom. The Balaban J connectivity index is 2.27. The van der Waals surface area contributed by atoms with Gasteiger partial charge in [-0.2, -0.15) is 0 Å². The van der Waals surface area contributed by atoms with Gasteiger partial charge < -0.3 is 10.1 Å². The lowest BCUT2D eigenvalue weighted by Gasteiger charge is -2.27. The summed E-state index contributed by atoms with van der Waals surface area (Å²) in [6, 6.07) is 0.434. The van der Waals surface area contributed by atoms with Crippen molar-refractivity contribution < 1.29 is 9.53 Å². The third-order valence-corrected chi connectivity index (χ3v) is 4.12.